The number of carbonyl (C=O) groups excluding carboxylic acids is 1. The molecule has 0 saturated carbocycles. The number of rotatable bonds is 4. The fraction of sp³-hybridized carbons (Fsp3) is 0.300. The lowest BCUT2D eigenvalue weighted by Gasteiger charge is -2.19. The average molecular weight is 338 g/mol. The average Bonchev–Trinajstić information content (AvgIpc) is 2.74. The normalized spacial score (nSPS) is 15.6. The lowest BCUT2D eigenvalue weighted by atomic mass is 9.97. The van der Waals surface area contributed by atoms with Crippen LogP contribution in [0.4, 0.5) is 0 Å². The first-order valence-corrected chi connectivity index (χ1v) is 8.27. The van der Waals surface area contributed by atoms with Gasteiger partial charge in [0, 0.05) is 5.41 Å². The molecule has 25 heavy (non-hydrogen) atoms. The Morgan fingerprint density at radius 2 is 1.84 bits per heavy atom. The van der Waals surface area contributed by atoms with Crippen molar-refractivity contribution < 1.29 is 14.3 Å². The Hall–Kier alpha value is -2.82. The summed E-state index contributed by atoms with van der Waals surface area (Å²) in [6.45, 7) is 5.41. The topological polar surface area (TPSA) is 59.9 Å². The van der Waals surface area contributed by atoms with E-state index >= 15 is 0 Å². The van der Waals surface area contributed by atoms with Gasteiger partial charge in [-0.15, -0.1) is 0 Å². The predicted octanol–water partition coefficient (Wildman–Crippen LogP) is 3.18. The molecule has 5 heteroatoms. The van der Waals surface area contributed by atoms with Gasteiger partial charge in [0.1, 0.15) is 0 Å². The molecule has 130 valence electrons. The molecule has 0 aromatic heterocycles. The van der Waals surface area contributed by atoms with Crippen molar-refractivity contribution in [1.29, 1.82) is 0 Å². The van der Waals surface area contributed by atoms with E-state index in [4.69, 9.17) is 9.47 Å². The van der Waals surface area contributed by atoms with E-state index in [-0.39, 0.29) is 11.3 Å². The number of ether oxygens (including phenoxy) is 2. The molecule has 1 N–H and O–H groups in total. The molecule has 1 heterocycles. The zero-order chi connectivity index (χ0) is 17.7. The second-order valence-electron chi connectivity index (χ2n) is 6.90. The van der Waals surface area contributed by atoms with Crippen LogP contribution in [0.5, 0.6) is 11.5 Å². The van der Waals surface area contributed by atoms with Gasteiger partial charge in [-0.3, -0.25) is 4.79 Å². The fourth-order valence-electron chi connectivity index (χ4n) is 2.42. The van der Waals surface area contributed by atoms with E-state index in [1.165, 1.54) is 0 Å². The van der Waals surface area contributed by atoms with Crippen LogP contribution in [0.15, 0.2) is 53.6 Å². The molecule has 0 aliphatic carbocycles. The van der Waals surface area contributed by atoms with Gasteiger partial charge in [0.05, 0.1) is 25.8 Å². The minimum absolute atomic E-state index is 0.0291. The van der Waals surface area contributed by atoms with E-state index in [1.54, 1.807) is 6.21 Å². The Morgan fingerprint density at radius 3 is 2.60 bits per heavy atom. The summed E-state index contributed by atoms with van der Waals surface area (Å²) < 4.78 is 11.6. The van der Waals surface area contributed by atoms with Crippen molar-refractivity contribution in [2.45, 2.75) is 20.3 Å². The van der Waals surface area contributed by atoms with Crippen LogP contribution < -0.4 is 14.9 Å². The van der Waals surface area contributed by atoms with Gasteiger partial charge in [0.2, 0.25) is 5.91 Å². The Morgan fingerprint density at radius 1 is 1.12 bits per heavy atom. The second kappa shape index (κ2) is 7.38. The molecule has 0 bridgehead atoms. The van der Waals surface area contributed by atoms with Gasteiger partial charge >= 0.3 is 0 Å². The number of fused-ring (bicyclic) bond motifs is 1. The standard InChI is InChI=1S/C20H22N2O3/c1-20(2)13-24-17-9-8-16(10-18(17)25-14-20)12-21-22-19(23)11-15-6-4-3-5-7-15/h3-10,12H,11,13-14H2,1-2H3,(H,22,23)/b21-12-. The molecule has 0 unspecified atom stereocenters. The second-order valence-corrected chi connectivity index (χ2v) is 6.90. The van der Waals surface area contributed by atoms with Crippen LogP contribution in [0.1, 0.15) is 25.0 Å². The van der Waals surface area contributed by atoms with Crippen LogP contribution in [0, 0.1) is 5.41 Å². The molecule has 1 aliphatic heterocycles. The first kappa shape index (κ1) is 17.0. The lowest BCUT2D eigenvalue weighted by molar-refractivity contribution is -0.120. The van der Waals surface area contributed by atoms with Gasteiger partial charge in [-0.1, -0.05) is 44.2 Å². The van der Waals surface area contributed by atoms with Gasteiger partial charge < -0.3 is 9.47 Å². The number of carbonyl (C=O) groups is 1. The largest absolute Gasteiger partial charge is 0.489 e. The summed E-state index contributed by atoms with van der Waals surface area (Å²) in [4.78, 5) is 11.9. The molecule has 1 aliphatic rings. The van der Waals surface area contributed by atoms with Crippen molar-refractivity contribution in [3.05, 3.63) is 59.7 Å². The number of benzene rings is 2. The number of nitrogens with one attached hydrogen (secondary N) is 1. The highest BCUT2D eigenvalue weighted by atomic mass is 16.5. The summed E-state index contributed by atoms with van der Waals surface area (Å²) in [6.07, 6.45) is 1.90. The molecule has 2 aromatic rings. The molecule has 0 radical (unpaired) electrons. The van der Waals surface area contributed by atoms with Crippen LogP contribution in [-0.4, -0.2) is 25.3 Å². The number of amides is 1. The lowest BCUT2D eigenvalue weighted by Crippen LogP contribution is -2.26. The van der Waals surface area contributed by atoms with Gasteiger partial charge in [-0.05, 0) is 29.3 Å². The quantitative estimate of drug-likeness (QED) is 0.688. The minimum Gasteiger partial charge on any atom is -0.489 e. The predicted molar refractivity (Wildman–Crippen MR) is 97.1 cm³/mol. The van der Waals surface area contributed by atoms with Crippen LogP contribution in [0.25, 0.3) is 0 Å². The zero-order valence-electron chi connectivity index (χ0n) is 14.5. The summed E-state index contributed by atoms with van der Waals surface area (Å²) in [6, 6.07) is 15.2. The number of nitrogens with zero attached hydrogens (tertiary/aromatic N) is 1. The first-order valence-electron chi connectivity index (χ1n) is 8.27. The smallest absolute Gasteiger partial charge is 0.244 e. The third-order valence-corrected chi connectivity index (χ3v) is 3.81. The molecule has 2 aromatic carbocycles. The molecule has 0 fully saturated rings. The van der Waals surface area contributed by atoms with Crippen LogP contribution in [0.3, 0.4) is 0 Å². The maximum Gasteiger partial charge on any atom is 0.244 e. The number of hydrogen-bond acceptors (Lipinski definition) is 4. The van der Waals surface area contributed by atoms with Crippen LogP contribution >= 0.6 is 0 Å². The molecule has 3 rings (SSSR count). The molecular formula is C20H22N2O3. The zero-order valence-corrected chi connectivity index (χ0v) is 14.5. The highest BCUT2D eigenvalue weighted by Gasteiger charge is 2.25. The summed E-state index contributed by atoms with van der Waals surface area (Å²) in [5.74, 6) is 1.28. The first-order chi connectivity index (χ1) is 12.0. The number of hydrazone groups is 1. The van der Waals surface area contributed by atoms with Crippen LogP contribution in [0.2, 0.25) is 0 Å². The van der Waals surface area contributed by atoms with E-state index in [0.717, 1.165) is 16.9 Å². The Bertz CT molecular complexity index is 770. The Balaban J connectivity index is 1.59. The molecular weight excluding hydrogens is 316 g/mol. The van der Waals surface area contributed by atoms with Gasteiger partial charge in [0.15, 0.2) is 11.5 Å². The van der Waals surface area contributed by atoms with E-state index in [9.17, 15) is 4.79 Å². The molecule has 0 saturated heterocycles. The summed E-state index contributed by atoms with van der Waals surface area (Å²) in [5.41, 5.74) is 4.30. The van der Waals surface area contributed by atoms with Crippen molar-refractivity contribution in [2.24, 2.45) is 10.5 Å². The summed E-state index contributed by atoms with van der Waals surface area (Å²) in [5, 5.41) is 4.02. The third kappa shape index (κ3) is 4.83. The maximum absolute atomic E-state index is 11.9. The van der Waals surface area contributed by atoms with Gasteiger partial charge in [-0.25, -0.2) is 5.43 Å². The maximum atomic E-state index is 11.9. The minimum atomic E-state index is -0.154. The van der Waals surface area contributed by atoms with Gasteiger partial charge in [0.25, 0.3) is 0 Å². The summed E-state index contributed by atoms with van der Waals surface area (Å²) >= 11 is 0. The third-order valence-electron chi connectivity index (χ3n) is 3.81. The molecule has 0 atom stereocenters. The van der Waals surface area contributed by atoms with Crippen molar-refractivity contribution in [2.75, 3.05) is 13.2 Å². The monoisotopic (exact) mass is 338 g/mol. The van der Waals surface area contributed by atoms with E-state index in [2.05, 4.69) is 24.4 Å². The summed E-state index contributed by atoms with van der Waals surface area (Å²) in [7, 11) is 0. The Kier molecular flexibility index (Phi) is 5.03. The molecule has 0 spiro atoms. The van der Waals surface area contributed by atoms with Crippen LogP contribution in [-0.2, 0) is 11.2 Å². The van der Waals surface area contributed by atoms with Crippen molar-refractivity contribution >= 4 is 12.1 Å². The van der Waals surface area contributed by atoms with Crippen molar-refractivity contribution in [1.82, 2.24) is 5.43 Å². The highest BCUT2D eigenvalue weighted by molar-refractivity contribution is 5.84. The van der Waals surface area contributed by atoms with Gasteiger partial charge in [-0.2, -0.15) is 5.10 Å². The van der Waals surface area contributed by atoms with E-state index in [1.807, 2.05) is 48.5 Å². The van der Waals surface area contributed by atoms with E-state index in [0.29, 0.717) is 25.4 Å². The number of hydrogen-bond donors (Lipinski definition) is 1. The SMILES string of the molecule is CC1(C)COc2ccc(/C=N\NC(=O)Cc3ccccc3)cc2OC1. The van der Waals surface area contributed by atoms with Crippen molar-refractivity contribution in [3.8, 4) is 11.5 Å². The fourth-order valence-corrected chi connectivity index (χ4v) is 2.42. The highest BCUT2D eigenvalue weighted by Crippen LogP contribution is 2.33. The van der Waals surface area contributed by atoms with E-state index < -0.39 is 0 Å². The van der Waals surface area contributed by atoms with Crippen molar-refractivity contribution in [3.63, 3.8) is 0 Å². The molecule has 5 nitrogen and oxygen atoms in total. The Labute approximate surface area is 147 Å². The molecule has 1 amide bonds.